The third-order valence-electron chi connectivity index (χ3n) is 4.83. The van der Waals surface area contributed by atoms with Crippen LogP contribution in [0.5, 0.6) is 0 Å². The fraction of sp³-hybridized carbons (Fsp3) is 0.588. The number of hydrogen-bond donors (Lipinski definition) is 1. The summed E-state index contributed by atoms with van der Waals surface area (Å²) in [5, 5.41) is 3.55. The molecular formula is C17H20F3NO. The van der Waals surface area contributed by atoms with Crippen LogP contribution in [0.4, 0.5) is 13.2 Å². The summed E-state index contributed by atoms with van der Waals surface area (Å²) >= 11 is 0. The van der Waals surface area contributed by atoms with Crippen LogP contribution in [-0.4, -0.2) is 17.9 Å². The molecule has 2 nitrogen and oxygen atoms in total. The van der Waals surface area contributed by atoms with Crippen LogP contribution in [0.1, 0.15) is 43.2 Å². The average Bonchev–Trinajstić information content (AvgIpc) is 2.46. The molecule has 0 amide bonds. The lowest BCUT2D eigenvalue weighted by atomic mass is 9.77. The second-order valence-corrected chi connectivity index (χ2v) is 6.50. The molecule has 2 heterocycles. The molecule has 2 fully saturated rings. The van der Waals surface area contributed by atoms with E-state index in [4.69, 9.17) is 0 Å². The summed E-state index contributed by atoms with van der Waals surface area (Å²) in [6.07, 6.45) is 1.13. The maximum atomic E-state index is 12.5. The van der Waals surface area contributed by atoms with Gasteiger partial charge in [-0.1, -0.05) is 18.6 Å². The Balaban J connectivity index is 1.62. The Morgan fingerprint density at radius 2 is 1.68 bits per heavy atom. The number of halogens is 3. The second-order valence-electron chi connectivity index (χ2n) is 6.50. The molecule has 2 unspecified atom stereocenters. The van der Waals surface area contributed by atoms with E-state index in [9.17, 15) is 18.0 Å². The van der Waals surface area contributed by atoms with E-state index in [0.29, 0.717) is 17.6 Å². The van der Waals surface area contributed by atoms with Crippen molar-refractivity contribution in [3.63, 3.8) is 0 Å². The van der Waals surface area contributed by atoms with Gasteiger partial charge in [0.15, 0.2) is 0 Å². The van der Waals surface area contributed by atoms with Gasteiger partial charge in [0.2, 0.25) is 0 Å². The summed E-state index contributed by atoms with van der Waals surface area (Å²) < 4.78 is 37.6. The SMILES string of the molecule is O=C(Cc1ccc(C(F)(F)F)cc1)C1CC2CCCC(C1)N2. The van der Waals surface area contributed by atoms with E-state index in [1.165, 1.54) is 18.6 Å². The Morgan fingerprint density at radius 3 is 2.23 bits per heavy atom. The minimum absolute atomic E-state index is 0.0545. The van der Waals surface area contributed by atoms with Crippen molar-refractivity contribution in [2.75, 3.05) is 0 Å². The van der Waals surface area contributed by atoms with Crippen molar-refractivity contribution in [3.05, 3.63) is 35.4 Å². The summed E-state index contributed by atoms with van der Waals surface area (Å²) in [4.78, 5) is 12.4. The van der Waals surface area contributed by atoms with Crippen molar-refractivity contribution in [1.29, 1.82) is 0 Å². The zero-order valence-corrected chi connectivity index (χ0v) is 12.3. The molecule has 0 aromatic heterocycles. The monoisotopic (exact) mass is 311 g/mol. The number of ketones is 1. The van der Waals surface area contributed by atoms with E-state index < -0.39 is 11.7 Å². The minimum atomic E-state index is -4.32. The fourth-order valence-electron chi connectivity index (χ4n) is 3.69. The van der Waals surface area contributed by atoms with Gasteiger partial charge in [-0.25, -0.2) is 0 Å². The summed E-state index contributed by atoms with van der Waals surface area (Å²) in [5.41, 5.74) is 0.00166. The van der Waals surface area contributed by atoms with E-state index in [2.05, 4.69) is 5.32 Å². The number of rotatable bonds is 3. The molecule has 2 aliphatic rings. The standard InChI is InChI=1S/C17H20F3NO/c18-17(19,20)13-6-4-11(5-7-13)8-16(22)12-9-14-2-1-3-15(10-12)21-14/h4-7,12,14-15,21H,1-3,8-10H2. The van der Waals surface area contributed by atoms with Crippen LogP contribution in [0.25, 0.3) is 0 Å². The topological polar surface area (TPSA) is 29.1 Å². The molecule has 2 atom stereocenters. The molecule has 2 bridgehead atoms. The van der Waals surface area contributed by atoms with Gasteiger partial charge in [-0.3, -0.25) is 4.79 Å². The molecule has 0 saturated carbocycles. The minimum Gasteiger partial charge on any atom is -0.311 e. The van der Waals surface area contributed by atoms with Crippen LogP contribution in [-0.2, 0) is 17.4 Å². The first kappa shape index (κ1) is 15.5. The number of Topliss-reactive ketones (excluding diaryl/α,β-unsaturated/α-hetero) is 1. The highest BCUT2D eigenvalue weighted by molar-refractivity contribution is 5.83. The van der Waals surface area contributed by atoms with Crippen LogP contribution in [0.3, 0.4) is 0 Å². The molecule has 0 spiro atoms. The Labute approximate surface area is 128 Å². The van der Waals surface area contributed by atoms with Gasteiger partial charge < -0.3 is 5.32 Å². The Bertz CT molecular complexity index is 526. The van der Waals surface area contributed by atoms with E-state index >= 15 is 0 Å². The molecule has 1 N–H and O–H groups in total. The van der Waals surface area contributed by atoms with Gasteiger partial charge in [-0.05, 0) is 43.4 Å². The van der Waals surface area contributed by atoms with Gasteiger partial charge in [0, 0.05) is 24.4 Å². The molecule has 5 heteroatoms. The molecule has 120 valence electrons. The number of nitrogens with one attached hydrogen (secondary N) is 1. The van der Waals surface area contributed by atoms with E-state index in [1.807, 2.05) is 0 Å². The predicted molar refractivity (Wildman–Crippen MR) is 77.4 cm³/mol. The Morgan fingerprint density at radius 1 is 1.09 bits per heavy atom. The van der Waals surface area contributed by atoms with Gasteiger partial charge in [0.05, 0.1) is 5.56 Å². The van der Waals surface area contributed by atoms with Gasteiger partial charge >= 0.3 is 6.18 Å². The first-order valence-electron chi connectivity index (χ1n) is 7.87. The highest BCUT2D eigenvalue weighted by atomic mass is 19.4. The van der Waals surface area contributed by atoms with E-state index in [0.717, 1.165) is 37.8 Å². The summed E-state index contributed by atoms with van der Waals surface area (Å²) in [6, 6.07) is 5.83. The molecule has 3 rings (SSSR count). The predicted octanol–water partition coefficient (Wildman–Crippen LogP) is 3.74. The molecule has 22 heavy (non-hydrogen) atoms. The van der Waals surface area contributed by atoms with Crippen molar-refractivity contribution in [2.24, 2.45) is 5.92 Å². The van der Waals surface area contributed by atoms with Crippen LogP contribution >= 0.6 is 0 Å². The molecular weight excluding hydrogens is 291 g/mol. The van der Waals surface area contributed by atoms with Gasteiger partial charge in [-0.2, -0.15) is 13.2 Å². The van der Waals surface area contributed by atoms with E-state index in [-0.39, 0.29) is 18.1 Å². The van der Waals surface area contributed by atoms with Crippen molar-refractivity contribution in [2.45, 2.75) is 56.8 Å². The van der Waals surface area contributed by atoms with Crippen molar-refractivity contribution >= 4 is 5.78 Å². The number of piperidine rings is 2. The second kappa shape index (κ2) is 6.03. The average molecular weight is 311 g/mol. The lowest BCUT2D eigenvalue weighted by molar-refractivity contribution is -0.137. The van der Waals surface area contributed by atoms with Crippen molar-refractivity contribution in [1.82, 2.24) is 5.32 Å². The smallest absolute Gasteiger partial charge is 0.311 e. The molecule has 1 aromatic carbocycles. The first-order chi connectivity index (χ1) is 10.4. The summed E-state index contributed by atoms with van der Waals surface area (Å²) in [7, 11) is 0. The van der Waals surface area contributed by atoms with Crippen molar-refractivity contribution < 1.29 is 18.0 Å². The van der Waals surface area contributed by atoms with Crippen LogP contribution in [0.2, 0.25) is 0 Å². The zero-order valence-electron chi connectivity index (χ0n) is 12.3. The quantitative estimate of drug-likeness (QED) is 0.921. The molecule has 2 saturated heterocycles. The summed E-state index contributed by atoms with van der Waals surface area (Å²) in [6.45, 7) is 0. The number of benzene rings is 1. The highest BCUT2D eigenvalue weighted by Gasteiger charge is 2.34. The van der Waals surface area contributed by atoms with Gasteiger partial charge in [0.1, 0.15) is 5.78 Å². The Kier molecular flexibility index (Phi) is 4.26. The van der Waals surface area contributed by atoms with Gasteiger partial charge in [0.25, 0.3) is 0 Å². The van der Waals surface area contributed by atoms with Crippen LogP contribution in [0, 0.1) is 5.92 Å². The van der Waals surface area contributed by atoms with Crippen LogP contribution in [0.15, 0.2) is 24.3 Å². The molecule has 0 aliphatic carbocycles. The normalized spacial score (nSPS) is 28.4. The van der Waals surface area contributed by atoms with E-state index in [1.54, 1.807) is 0 Å². The fourth-order valence-corrected chi connectivity index (χ4v) is 3.69. The maximum absolute atomic E-state index is 12.5. The number of hydrogen-bond acceptors (Lipinski definition) is 2. The number of carbonyl (C=O) groups is 1. The highest BCUT2D eigenvalue weighted by Crippen LogP contribution is 2.32. The third-order valence-corrected chi connectivity index (χ3v) is 4.83. The lowest BCUT2D eigenvalue weighted by Crippen LogP contribution is -2.50. The number of carbonyl (C=O) groups excluding carboxylic acids is 1. The third kappa shape index (κ3) is 3.51. The first-order valence-corrected chi connectivity index (χ1v) is 7.87. The maximum Gasteiger partial charge on any atom is 0.416 e. The molecule has 2 aliphatic heterocycles. The summed E-state index contributed by atoms with van der Waals surface area (Å²) in [5.74, 6) is 0.219. The number of fused-ring (bicyclic) bond motifs is 2. The van der Waals surface area contributed by atoms with Gasteiger partial charge in [-0.15, -0.1) is 0 Å². The molecule has 1 aromatic rings. The Hall–Kier alpha value is -1.36. The molecule has 0 radical (unpaired) electrons. The number of alkyl halides is 3. The lowest BCUT2D eigenvalue weighted by Gasteiger charge is -2.39. The van der Waals surface area contributed by atoms with Crippen LogP contribution < -0.4 is 5.32 Å². The zero-order chi connectivity index (χ0) is 15.7. The van der Waals surface area contributed by atoms with Crippen molar-refractivity contribution in [3.8, 4) is 0 Å². The largest absolute Gasteiger partial charge is 0.416 e.